The molecule has 8 nitrogen and oxygen atoms in total. The summed E-state index contributed by atoms with van der Waals surface area (Å²) >= 11 is 0. The number of amides is 2. The zero-order valence-electron chi connectivity index (χ0n) is 15.6. The molecule has 0 radical (unpaired) electrons. The number of ether oxygens (including phenoxy) is 3. The quantitative estimate of drug-likeness (QED) is 0.712. The lowest BCUT2D eigenvalue weighted by molar-refractivity contribution is -0.138. The number of methoxy groups -OCH3 is 2. The first-order valence-corrected chi connectivity index (χ1v) is 8.88. The Bertz CT molecular complexity index is 755. The third kappa shape index (κ3) is 3.91. The summed E-state index contributed by atoms with van der Waals surface area (Å²) in [5, 5.41) is 10.3. The third-order valence-electron chi connectivity index (χ3n) is 4.78. The minimum Gasteiger partial charge on any atom is -0.502 e. The molecule has 1 aromatic rings. The van der Waals surface area contributed by atoms with E-state index in [0.29, 0.717) is 36.7 Å². The van der Waals surface area contributed by atoms with E-state index in [0.717, 1.165) is 24.5 Å². The van der Waals surface area contributed by atoms with Crippen molar-refractivity contribution in [2.24, 2.45) is 0 Å². The van der Waals surface area contributed by atoms with Crippen LogP contribution in [0.25, 0.3) is 5.57 Å². The van der Waals surface area contributed by atoms with Crippen molar-refractivity contribution in [3.05, 3.63) is 29.5 Å². The highest BCUT2D eigenvalue weighted by atomic mass is 16.5. The molecule has 0 unspecified atom stereocenters. The van der Waals surface area contributed by atoms with E-state index in [1.807, 2.05) is 0 Å². The molecule has 0 aromatic heterocycles. The predicted octanol–water partition coefficient (Wildman–Crippen LogP) is 1.06. The second kappa shape index (κ2) is 8.41. The van der Waals surface area contributed by atoms with Crippen LogP contribution in [0, 0.1) is 0 Å². The second-order valence-electron chi connectivity index (χ2n) is 6.36. The molecule has 1 aromatic carbocycles. The standard InChI is InChI=1S/C19H24N2O6/c1-25-14-5-4-13(12-15(14)26-2)16-17(22)19(24)21(18(16)23)7-3-6-20-8-10-27-11-9-20/h4-5,12,22H,3,6-11H2,1-2H3. The van der Waals surface area contributed by atoms with Gasteiger partial charge in [-0.15, -0.1) is 0 Å². The SMILES string of the molecule is COc1ccc(C2=C(O)C(=O)N(CCCN3CCOCC3)C2=O)cc1OC. The molecule has 0 atom stereocenters. The number of aliphatic hydroxyl groups excluding tert-OH is 1. The Hall–Kier alpha value is -2.58. The van der Waals surface area contributed by atoms with Crippen molar-refractivity contribution < 1.29 is 28.9 Å². The molecule has 2 aliphatic rings. The van der Waals surface area contributed by atoms with Gasteiger partial charge in [0, 0.05) is 26.2 Å². The van der Waals surface area contributed by atoms with Crippen molar-refractivity contribution in [2.45, 2.75) is 6.42 Å². The van der Waals surface area contributed by atoms with Gasteiger partial charge in [0.1, 0.15) is 0 Å². The maximum atomic E-state index is 12.7. The maximum Gasteiger partial charge on any atom is 0.296 e. The lowest BCUT2D eigenvalue weighted by Gasteiger charge is -2.27. The van der Waals surface area contributed by atoms with Crippen molar-refractivity contribution >= 4 is 17.4 Å². The number of carbonyl (C=O) groups is 2. The molecule has 0 bridgehead atoms. The number of benzene rings is 1. The normalized spacial score (nSPS) is 18.4. The molecule has 1 N–H and O–H groups in total. The number of imide groups is 1. The van der Waals surface area contributed by atoms with Crippen LogP contribution in [0.3, 0.4) is 0 Å². The van der Waals surface area contributed by atoms with Crippen LogP contribution in [0.1, 0.15) is 12.0 Å². The molecule has 146 valence electrons. The van der Waals surface area contributed by atoms with Gasteiger partial charge < -0.3 is 19.3 Å². The van der Waals surface area contributed by atoms with Crippen LogP contribution in [0.2, 0.25) is 0 Å². The average molecular weight is 376 g/mol. The monoisotopic (exact) mass is 376 g/mol. The van der Waals surface area contributed by atoms with Crippen LogP contribution in [0.5, 0.6) is 11.5 Å². The molecule has 1 fully saturated rings. The first kappa shape index (κ1) is 19.2. The number of nitrogens with zero attached hydrogens (tertiary/aromatic N) is 2. The number of hydrogen-bond donors (Lipinski definition) is 1. The fraction of sp³-hybridized carbons (Fsp3) is 0.474. The Morgan fingerprint density at radius 3 is 2.41 bits per heavy atom. The van der Waals surface area contributed by atoms with E-state index < -0.39 is 17.6 Å². The Balaban J connectivity index is 1.70. The minimum absolute atomic E-state index is 0.00711. The van der Waals surface area contributed by atoms with Gasteiger partial charge in [0.15, 0.2) is 17.3 Å². The predicted molar refractivity (Wildman–Crippen MR) is 97.7 cm³/mol. The first-order valence-electron chi connectivity index (χ1n) is 8.88. The number of carbonyl (C=O) groups excluding carboxylic acids is 2. The van der Waals surface area contributed by atoms with Gasteiger partial charge >= 0.3 is 0 Å². The second-order valence-corrected chi connectivity index (χ2v) is 6.36. The van der Waals surface area contributed by atoms with Gasteiger partial charge in [-0.25, -0.2) is 0 Å². The van der Waals surface area contributed by atoms with E-state index in [-0.39, 0.29) is 12.1 Å². The lowest BCUT2D eigenvalue weighted by atomic mass is 10.0. The number of hydrogen-bond acceptors (Lipinski definition) is 7. The zero-order chi connectivity index (χ0) is 19.4. The molecule has 2 amide bonds. The maximum absolute atomic E-state index is 12.7. The van der Waals surface area contributed by atoms with Gasteiger partial charge in [0.2, 0.25) is 0 Å². The average Bonchev–Trinajstić information content (AvgIpc) is 2.91. The molecule has 2 heterocycles. The van der Waals surface area contributed by atoms with Crippen LogP contribution < -0.4 is 9.47 Å². The summed E-state index contributed by atoms with van der Waals surface area (Å²) in [5.74, 6) is -0.765. The molecular formula is C19H24N2O6. The highest BCUT2D eigenvalue weighted by Crippen LogP contribution is 2.34. The fourth-order valence-corrected chi connectivity index (χ4v) is 3.30. The lowest BCUT2D eigenvalue weighted by Crippen LogP contribution is -2.39. The fourth-order valence-electron chi connectivity index (χ4n) is 3.30. The first-order chi connectivity index (χ1) is 13.1. The molecule has 8 heteroatoms. The number of morpholine rings is 1. The summed E-state index contributed by atoms with van der Waals surface area (Å²) < 4.78 is 15.7. The highest BCUT2D eigenvalue weighted by Gasteiger charge is 2.39. The van der Waals surface area contributed by atoms with Crippen LogP contribution in [-0.2, 0) is 14.3 Å². The molecular weight excluding hydrogens is 352 g/mol. The minimum atomic E-state index is -0.660. The number of aliphatic hydroxyl groups is 1. The summed E-state index contributed by atoms with van der Waals surface area (Å²) in [6.45, 7) is 4.13. The molecule has 0 aliphatic carbocycles. The summed E-state index contributed by atoms with van der Waals surface area (Å²) in [4.78, 5) is 28.4. The highest BCUT2D eigenvalue weighted by molar-refractivity contribution is 6.34. The van der Waals surface area contributed by atoms with Gasteiger partial charge in [-0.1, -0.05) is 6.07 Å². The summed E-state index contributed by atoms with van der Waals surface area (Å²) in [6, 6.07) is 4.83. The van der Waals surface area contributed by atoms with E-state index in [1.165, 1.54) is 14.2 Å². The van der Waals surface area contributed by atoms with Crippen molar-refractivity contribution in [1.82, 2.24) is 9.80 Å². The van der Waals surface area contributed by atoms with Crippen LogP contribution in [-0.4, -0.2) is 80.3 Å². The number of rotatable bonds is 7. The van der Waals surface area contributed by atoms with Crippen molar-refractivity contribution in [3.63, 3.8) is 0 Å². The van der Waals surface area contributed by atoms with Crippen molar-refractivity contribution in [1.29, 1.82) is 0 Å². The van der Waals surface area contributed by atoms with Gasteiger partial charge in [-0.05, 0) is 24.1 Å². The van der Waals surface area contributed by atoms with E-state index in [2.05, 4.69) is 4.90 Å². The molecule has 0 saturated carbocycles. The Morgan fingerprint density at radius 1 is 1.04 bits per heavy atom. The Labute approximate surface area is 157 Å². The molecule has 2 aliphatic heterocycles. The largest absolute Gasteiger partial charge is 0.502 e. The van der Waals surface area contributed by atoms with Crippen LogP contribution in [0.15, 0.2) is 24.0 Å². The molecule has 27 heavy (non-hydrogen) atoms. The Morgan fingerprint density at radius 2 is 1.74 bits per heavy atom. The summed E-state index contributed by atoms with van der Waals surface area (Å²) in [7, 11) is 2.99. The molecule has 0 spiro atoms. The summed E-state index contributed by atoms with van der Waals surface area (Å²) in [5.41, 5.74) is 0.409. The van der Waals surface area contributed by atoms with E-state index in [1.54, 1.807) is 18.2 Å². The topological polar surface area (TPSA) is 88.5 Å². The Kier molecular flexibility index (Phi) is 5.98. The van der Waals surface area contributed by atoms with E-state index in [9.17, 15) is 14.7 Å². The van der Waals surface area contributed by atoms with E-state index >= 15 is 0 Å². The van der Waals surface area contributed by atoms with E-state index in [4.69, 9.17) is 14.2 Å². The summed E-state index contributed by atoms with van der Waals surface area (Å²) in [6.07, 6.45) is 0.643. The van der Waals surface area contributed by atoms with Crippen LogP contribution >= 0.6 is 0 Å². The van der Waals surface area contributed by atoms with Crippen molar-refractivity contribution in [3.8, 4) is 11.5 Å². The van der Waals surface area contributed by atoms with Gasteiger partial charge in [0.25, 0.3) is 11.8 Å². The van der Waals surface area contributed by atoms with Gasteiger partial charge in [-0.3, -0.25) is 19.4 Å². The van der Waals surface area contributed by atoms with Crippen molar-refractivity contribution in [2.75, 3.05) is 53.6 Å². The zero-order valence-corrected chi connectivity index (χ0v) is 15.6. The molecule has 3 rings (SSSR count). The third-order valence-corrected chi connectivity index (χ3v) is 4.78. The molecule has 1 saturated heterocycles. The smallest absolute Gasteiger partial charge is 0.296 e. The van der Waals surface area contributed by atoms with Gasteiger partial charge in [-0.2, -0.15) is 0 Å². The van der Waals surface area contributed by atoms with Crippen LogP contribution in [0.4, 0.5) is 0 Å². The van der Waals surface area contributed by atoms with Gasteiger partial charge in [0.05, 0.1) is 33.0 Å².